The molecule has 0 aromatic heterocycles. The summed E-state index contributed by atoms with van der Waals surface area (Å²) in [5, 5.41) is 0. The Kier molecular flexibility index (Phi) is 11.6. The first-order valence-electron chi connectivity index (χ1n) is 18.2. The summed E-state index contributed by atoms with van der Waals surface area (Å²) in [5.74, 6) is 1.09. The van der Waals surface area contributed by atoms with Gasteiger partial charge in [-0.15, -0.1) is 0 Å². The summed E-state index contributed by atoms with van der Waals surface area (Å²) < 4.78 is 76.4. The molecule has 270 valence electrons. The van der Waals surface area contributed by atoms with E-state index in [1.165, 1.54) is 23.6 Å². The molecule has 4 fully saturated rings. The number of carbonyl (C=O) groups excluding carboxylic acids is 1. The number of benzene rings is 2. The van der Waals surface area contributed by atoms with Crippen LogP contribution in [0.25, 0.3) is 0 Å². The maximum absolute atomic E-state index is 14.3. The van der Waals surface area contributed by atoms with Gasteiger partial charge in [0.15, 0.2) is 0 Å². The molecule has 0 radical (unpaired) electrons. The Hall–Kier alpha value is -2.67. The van der Waals surface area contributed by atoms with Crippen molar-refractivity contribution < 1.29 is 31.1 Å². The molecule has 2 aliphatic carbocycles. The van der Waals surface area contributed by atoms with Crippen LogP contribution >= 0.6 is 0 Å². The van der Waals surface area contributed by atoms with Gasteiger partial charge in [0.05, 0.1) is 17.1 Å². The molecule has 49 heavy (non-hydrogen) atoms. The summed E-state index contributed by atoms with van der Waals surface area (Å²) in [4.78, 5) is 18.3. The Morgan fingerprint density at radius 2 is 1.43 bits per heavy atom. The molecule has 6 rings (SSSR count). The second-order valence-electron chi connectivity index (χ2n) is 14.5. The van der Waals surface area contributed by atoms with Crippen LogP contribution in [-0.4, -0.2) is 79.8 Å². The molecule has 2 N–H and O–H groups in total. The lowest BCUT2D eigenvalue weighted by Crippen LogP contribution is -2.62. The average molecular weight is 705 g/mol. The number of nitrogens with zero attached hydrogens (tertiary/aromatic N) is 3. The van der Waals surface area contributed by atoms with Gasteiger partial charge in [0.2, 0.25) is 15.9 Å². The lowest BCUT2D eigenvalue weighted by Gasteiger charge is -2.47. The first-order valence-corrected chi connectivity index (χ1v) is 19.6. The van der Waals surface area contributed by atoms with Crippen molar-refractivity contribution in [1.82, 2.24) is 14.1 Å². The number of nitrogens with two attached hydrogens (primary N) is 1. The first-order chi connectivity index (χ1) is 23.5. The number of amides is 1. The van der Waals surface area contributed by atoms with Gasteiger partial charge in [0.1, 0.15) is 11.8 Å². The molecule has 2 atom stereocenters. The summed E-state index contributed by atoms with van der Waals surface area (Å²) >= 11 is 0. The fraction of sp³-hybridized carbons (Fsp3) is 0.649. The first kappa shape index (κ1) is 36.1. The summed E-state index contributed by atoms with van der Waals surface area (Å²) in [5.41, 5.74) is 6.21. The smallest absolute Gasteiger partial charge is 0.416 e. The molecule has 2 aliphatic heterocycles. The number of hydrogen-bond donors (Lipinski definition) is 1. The lowest BCUT2D eigenvalue weighted by atomic mass is 9.79. The molecule has 4 aliphatic rings. The van der Waals surface area contributed by atoms with E-state index in [-0.39, 0.29) is 41.9 Å². The maximum atomic E-state index is 14.3. The number of likely N-dealkylation sites (tertiary alicyclic amines) is 1. The molecule has 1 amide bonds. The number of halogens is 3. The normalized spacial score (nSPS) is 23.8. The van der Waals surface area contributed by atoms with Crippen molar-refractivity contribution in [3.05, 3.63) is 59.7 Å². The van der Waals surface area contributed by atoms with Gasteiger partial charge >= 0.3 is 6.18 Å². The van der Waals surface area contributed by atoms with Crippen molar-refractivity contribution in [1.29, 1.82) is 0 Å². The Balaban J connectivity index is 1.26. The van der Waals surface area contributed by atoms with Crippen LogP contribution in [0.5, 0.6) is 5.75 Å². The van der Waals surface area contributed by atoms with Crippen LogP contribution in [0.2, 0.25) is 0 Å². The van der Waals surface area contributed by atoms with Gasteiger partial charge < -0.3 is 15.4 Å². The summed E-state index contributed by atoms with van der Waals surface area (Å²) in [6.07, 6.45) is 7.91. The zero-order valence-electron chi connectivity index (χ0n) is 28.3. The van der Waals surface area contributed by atoms with E-state index in [9.17, 15) is 26.4 Å². The van der Waals surface area contributed by atoms with Gasteiger partial charge in [-0.2, -0.15) is 17.5 Å². The second-order valence-corrected chi connectivity index (χ2v) is 16.4. The summed E-state index contributed by atoms with van der Waals surface area (Å²) in [6, 6.07) is 10.7. The highest BCUT2D eigenvalue weighted by Gasteiger charge is 2.45. The highest BCUT2D eigenvalue weighted by atomic mass is 32.2. The van der Waals surface area contributed by atoms with Crippen LogP contribution in [0, 0.1) is 11.8 Å². The van der Waals surface area contributed by atoms with Crippen LogP contribution in [0.3, 0.4) is 0 Å². The monoisotopic (exact) mass is 704 g/mol. The highest BCUT2D eigenvalue weighted by molar-refractivity contribution is 7.89. The van der Waals surface area contributed by atoms with Crippen molar-refractivity contribution in [2.75, 3.05) is 39.3 Å². The highest BCUT2D eigenvalue weighted by Crippen LogP contribution is 2.41. The molecule has 8 nitrogen and oxygen atoms in total. The van der Waals surface area contributed by atoms with Gasteiger partial charge in [-0.3, -0.25) is 9.69 Å². The summed E-state index contributed by atoms with van der Waals surface area (Å²) in [6.45, 7) is 2.15. The molecule has 2 aromatic carbocycles. The van der Waals surface area contributed by atoms with E-state index in [2.05, 4.69) is 4.90 Å². The SMILES string of the molecule is NC1CCN(C(=O)C2CN(C(c3ccc(C(F)(F)F)cc3)C3CCCCC3)CCN2S(=O)(=O)c2ccc(OCC3CCCCC3)cc2)CC1. The molecule has 2 saturated heterocycles. The number of piperazine rings is 1. The predicted octanol–water partition coefficient (Wildman–Crippen LogP) is 6.61. The number of ether oxygens (including phenoxy) is 1. The maximum Gasteiger partial charge on any atom is 0.416 e. The number of sulfonamides is 1. The van der Waals surface area contributed by atoms with E-state index in [0.29, 0.717) is 50.8 Å². The standard InChI is InChI=1S/C37H51F3N4O4S/c38-37(39,40)30-13-11-29(12-14-30)35(28-9-5-2-6-10-28)43-23-24-44(34(25-43)36(45)42-21-19-31(41)20-22-42)49(46,47)33-17-15-32(16-18-33)48-26-27-7-3-1-4-8-27/h11-18,27-28,31,34-35H,1-10,19-26,41H2. The van der Waals surface area contributed by atoms with E-state index in [4.69, 9.17) is 10.5 Å². The molecule has 0 bridgehead atoms. The Bertz CT molecular complexity index is 1480. The Morgan fingerprint density at radius 3 is 2.04 bits per heavy atom. The quantitative estimate of drug-likeness (QED) is 0.316. The third kappa shape index (κ3) is 8.63. The third-order valence-electron chi connectivity index (χ3n) is 11.2. The molecular weight excluding hydrogens is 653 g/mol. The topological polar surface area (TPSA) is 96.2 Å². The lowest BCUT2D eigenvalue weighted by molar-refractivity contribution is -0.139. The van der Waals surface area contributed by atoms with E-state index in [1.54, 1.807) is 41.3 Å². The molecule has 12 heteroatoms. The van der Waals surface area contributed by atoms with E-state index in [0.717, 1.165) is 62.6 Å². The van der Waals surface area contributed by atoms with Gasteiger partial charge in [-0.05, 0) is 92.3 Å². The largest absolute Gasteiger partial charge is 0.493 e. The van der Waals surface area contributed by atoms with Crippen molar-refractivity contribution in [2.45, 2.75) is 106 Å². The zero-order chi connectivity index (χ0) is 34.6. The summed E-state index contributed by atoms with van der Waals surface area (Å²) in [7, 11) is -4.06. The Labute approximate surface area is 289 Å². The van der Waals surface area contributed by atoms with Gasteiger partial charge in [-0.1, -0.05) is 50.7 Å². The minimum Gasteiger partial charge on any atom is -0.493 e. The molecule has 2 unspecified atom stereocenters. The molecule has 0 spiro atoms. The molecular formula is C37H51F3N4O4S. The number of hydrogen-bond acceptors (Lipinski definition) is 6. The fourth-order valence-corrected chi connectivity index (χ4v) is 9.94. The van der Waals surface area contributed by atoms with Crippen molar-refractivity contribution in [2.24, 2.45) is 17.6 Å². The Morgan fingerprint density at radius 1 is 0.816 bits per heavy atom. The number of carbonyl (C=O) groups is 1. The number of piperidine rings is 1. The third-order valence-corrected chi connectivity index (χ3v) is 13.1. The minimum atomic E-state index is -4.44. The average Bonchev–Trinajstić information content (AvgIpc) is 3.12. The molecule has 2 heterocycles. The van der Waals surface area contributed by atoms with Crippen molar-refractivity contribution >= 4 is 15.9 Å². The number of alkyl halides is 3. The minimum absolute atomic E-state index is 0.000869. The van der Waals surface area contributed by atoms with E-state index >= 15 is 0 Å². The van der Waals surface area contributed by atoms with Gasteiger partial charge in [-0.25, -0.2) is 8.42 Å². The molecule has 2 aromatic rings. The van der Waals surface area contributed by atoms with Crippen molar-refractivity contribution in [3.8, 4) is 5.75 Å². The van der Waals surface area contributed by atoms with Gasteiger partial charge in [0, 0.05) is 44.8 Å². The van der Waals surface area contributed by atoms with Crippen LogP contribution in [0.1, 0.15) is 94.2 Å². The van der Waals surface area contributed by atoms with Crippen molar-refractivity contribution in [3.63, 3.8) is 0 Å². The zero-order valence-corrected chi connectivity index (χ0v) is 29.1. The van der Waals surface area contributed by atoms with Crippen LogP contribution in [0.4, 0.5) is 13.2 Å². The fourth-order valence-electron chi connectivity index (χ4n) is 8.37. The van der Waals surface area contributed by atoms with Gasteiger partial charge in [0.25, 0.3) is 0 Å². The van der Waals surface area contributed by atoms with Crippen LogP contribution in [0.15, 0.2) is 53.4 Å². The predicted molar refractivity (Wildman–Crippen MR) is 182 cm³/mol. The van der Waals surface area contributed by atoms with Crippen LogP contribution < -0.4 is 10.5 Å². The number of rotatable bonds is 9. The second kappa shape index (κ2) is 15.7. The van der Waals surface area contributed by atoms with E-state index in [1.807, 2.05) is 0 Å². The van der Waals surface area contributed by atoms with Crippen LogP contribution in [-0.2, 0) is 21.0 Å². The van der Waals surface area contributed by atoms with E-state index < -0.39 is 27.8 Å². The molecule has 2 saturated carbocycles.